The third-order valence-corrected chi connectivity index (χ3v) is 4.79. The Morgan fingerprint density at radius 3 is 2.29 bits per heavy atom. The molecule has 2 bridgehead atoms. The Morgan fingerprint density at radius 1 is 1.29 bits per heavy atom. The summed E-state index contributed by atoms with van der Waals surface area (Å²) in [6.45, 7) is 2.14. The van der Waals surface area contributed by atoms with Gasteiger partial charge in [0.05, 0.1) is 12.8 Å². The van der Waals surface area contributed by atoms with Gasteiger partial charge in [-0.25, -0.2) is 0 Å². The number of rotatable bonds is 3. The summed E-state index contributed by atoms with van der Waals surface area (Å²) >= 11 is 0. The van der Waals surface area contributed by atoms with Crippen LogP contribution < -0.4 is 0 Å². The van der Waals surface area contributed by atoms with Crippen molar-refractivity contribution in [2.45, 2.75) is 45.1 Å². The van der Waals surface area contributed by atoms with E-state index in [0.29, 0.717) is 17.9 Å². The molecule has 0 radical (unpaired) electrons. The van der Waals surface area contributed by atoms with Crippen LogP contribution in [0.3, 0.4) is 0 Å². The molecule has 0 spiro atoms. The fourth-order valence-corrected chi connectivity index (χ4v) is 3.70. The molecule has 0 aromatic rings. The highest BCUT2D eigenvalue weighted by atomic mass is 19.1. The molecule has 0 N–H and O–H groups in total. The van der Waals surface area contributed by atoms with Crippen LogP contribution in [0.2, 0.25) is 0 Å². The highest BCUT2D eigenvalue weighted by Gasteiger charge is 2.50. The van der Waals surface area contributed by atoms with E-state index in [9.17, 15) is 4.39 Å². The lowest BCUT2D eigenvalue weighted by Gasteiger charge is -2.43. The van der Waals surface area contributed by atoms with Crippen LogP contribution in [-0.4, -0.2) is 19.9 Å². The van der Waals surface area contributed by atoms with Crippen molar-refractivity contribution in [3.63, 3.8) is 0 Å². The SMILES string of the molecule is COC1CC2CCC(C1)C2(C)CCF. The van der Waals surface area contributed by atoms with Gasteiger partial charge in [-0.2, -0.15) is 0 Å². The van der Waals surface area contributed by atoms with E-state index >= 15 is 0 Å². The molecule has 0 amide bonds. The first-order chi connectivity index (χ1) is 6.70. The van der Waals surface area contributed by atoms with E-state index in [1.165, 1.54) is 12.8 Å². The molecule has 2 unspecified atom stereocenters. The second-order valence-corrected chi connectivity index (χ2v) is 5.25. The third kappa shape index (κ3) is 1.48. The zero-order chi connectivity index (χ0) is 10.2. The van der Waals surface area contributed by atoms with Crippen LogP contribution in [0.15, 0.2) is 0 Å². The van der Waals surface area contributed by atoms with Gasteiger partial charge in [0, 0.05) is 7.11 Å². The van der Waals surface area contributed by atoms with Crippen molar-refractivity contribution in [1.82, 2.24) is 0 Å². The Morgan fingerprint density at radius 2 is 1.86 bits per heavy atom. The highest BCUT2D eigenvalue weighted by Crippen LogP contribution is 2.57. The molecule has 1 nitrogen and oxygen atoms in total. The van der Waals surface area contributed by atoms with Crippen molar-refractivity contribution < 1.29 is 9.13 Å². The minimum absolute atomic E-state index is 0.152. The molecule has 2 aliphatic carbocycles. The van der Waals surface area contributed by atoms with Gasteiger partial charge < -0.3 is 4.74 Å². The maximum absolute atomic E-state index is 12.5. The predicted molar refractivity (Wildman–Crippen MR) is 54.9 cm³/mol. The van der Waals surface area contributed by atoms with Crippen LogP contribution in [0.5, 0.6) is 0 Å². The van der Waals surface area contributed by atoms with E-state index in [0.717, 1.165) is 19.3 Å². The zero-order valence-corrected chi connectivity index (χ0v) is 9.26. The maximum Gasteiger partial charge on any atom is 0.0899 e. The lowest BCUT2D eigenvalue weighted by Crippen LogP contribution is -2.39. The van der Waals surface area contributed by atoms with Crippen LogP contribution in [0.25, 0.3) is 0 Å². The molecule has 0 aromatic heterocycles. The van der Waals surface area contributed by atoms with Gasteiger partial charge in [-0.15, -0.1) is 0 Å². The van der Waals surface area contributed by atoms with E-state index < -0.39 is 0 Å². The second kappa shape index (κ2) is 3.80. The van der Waals surface area contributed by atoms with Gasteiger partial charge in [-0.3, -0.25) is 4.39 Å². The van der Waals surface area contributed by atoms with Gasteiger partial charge in [0.25, 0.3) is 0 Å². The summed E-state index contributed by atoms with van der Waals surface area (Å²) in [5.41, 5.74) is 0.282. The molecule has 0 aromatic carbocycles. The van der Waals surface area contributed by atoms with Gasteiger partial charge in [-0.1, -0.05) is 6.92 Å². The average molecular weight is 200 g/mol. The minimum atomic E-state index is -0.152. The molecule has 0 saturated heterocycles. The number of ether oxygens (including phenoxy) is 1. The number of hydrogen-bond acceptors (Lipinski definition) is 1. The largest absolute Gasteiger partial charge is 0.381 e. The molecule has 2 aliphatic rings. The fraction of sp³-hybridized carbons (Fsp3) is 1.00. The normalized spacial score (nSPS) is 46.9. The number of fused-ring (bicyclic) bond motifs is 2. The second-order valence-electron chi connectivity index (χ2n) is 5.25. The molecular weight excluding hydrogens is 179 g/mol. The summed E-state index contributed by atoms with van der Waals surface area (Å²) in [5.74, 6) is 1.42. The smallest absolute Gasteiger partial charge is 0.0899 e. The molecule has 2 heteroatoms. The van der Waals surface area contributed by atoms with Gasteiger partial charge >= 0.3 is 0 Å². The van der Waals surface area contributed by atoms with Crippen molar-refractivity contribution in [3.05, 3.63) is 0 Å². The summed E-state index contributed by atoms with van der Waals surface area (Å²) in [6, 6.07) is 0. The zero-order valence-electron chi connectivity index (χ0n) is 9.26. The van der Waals surface area contributed by atoms with Crippen molar-refractivity contribution in [2.75, 3.05) is 13.8 Å². The van der Waals surface area contributed by atoms with Crippen LogP contribution in [0, 0.1) is 17.3 Å². The fourth-order valence-electron chi connectivity index (χ4n) is 3.70. The predicted octanol–water partition coefficient (Wildman–Crippen LogP) is 3.19. The van der Waals surface area contributed by atoms with Crippen LogP contribution in [-0.2, 0) is 4.74 Å². The first kappa shape index (κ1) is 10.4. The Hall–Kier alpha value is -0.110. The number of alkyl halides is 1. The quantitative estimate of drug-likeness (QED) is 0.680. The van der Waals surface area contributed by atoms with Gasteiger partial charge in [0.15, 0.2) is 0 Å². The Labute approximate surface area is 86.0 Å². The molecule has 2 fully saturated rings. The average Bonchev–Trinajstić information content (AvgIpc) is 2.42. The first-order valence-corrected chi connectivity index (χ1v) is 5.79. The van der Waals surface area contributed by atoms with Gasteiger partial charge in [0.2, 0.25) is 0 Å². The Bertz CT molecular complexity index is 190. The molecular formula is C12H21FO. The lowest BCUT2D eigenvalue weighted by atomic mass is 9.64. The summed E-state index contributed by atoms with van der Waals surface area (Å²) in [6.07, 6.45) is 6.11. The van der Waals surface area contributed by atoms with Crippen LogP contribution in [0.4, 0.5) is 4.39 Å². The summed E-state index contributed by atoms with van der Waals surface area (Å²) in [7, 11) is 1.81. The molecule has 2 saturated carbocycles. The first-order valence-electron chi connectivity index (χ1n) is 5.79. The Kier molecular flexibility index (Phi) is 2.83. The van der Waals surface area contributed by atoms with Crippen molar-refractivity contribution in [3.8, 4) is 0 Å². The lowest BCUT2D eigenvalue weighted by molar-refractivity contribution is -0.0232. The van der Waals surface area contributed by atoms with Crippen molar-refractivity contribution in [1.29, 1.82) is 0 Å². The molecule has 82 valence electrons. The summed E-state index contributed by atoms with van der Waals surface area (Å²) in [4.78, 5) is 0. The molecule has 14 heavy (non-hydrogen) atoms. The molecule has 0 heterocycles. The number of halogens is 1. The Balaban J connectivity index is 2.09. The van der Waals surface area contributed by atoms with Gasteiger partial charge in [0.1, 0.15) is 0 Å². The number of hydrogen-bond donors (Lipinski definition) is 0. The third-order valence-electron chi connectivity index (χ3n) is 4.79. The van der Waals surface area contributed by atoms with Crippen LogP contribution in [0.1, 0.15) is 39.0 Å². The molecule has 2 atom stereocenters. The topological polar surface area (TPSA) is 9.23 Å². The summed E-state index contributed by atoms with van der Waals surface area (Å²) < 4.78 is 18.0. The van der Waals surface area contributed by atoms with E-state index in [1.54, 1.807) is 0 Å². The minimum Gasteiger partial charge on any atom is -0.381 e. The van der Waals surface area contributed by atoms with Gasteiger partial charge in [-0.05, 0) is 49.4 Å². The summed E-state index contributed by atoms with van der Waals surface area (Å²) in [5, 5.41) is 0. The van der Waals surface area contributed by atoms with Crippen molar-refractivity contribution in [2.24, 2.45) is 17.3 Å². The van der Waals surface area contributed by atoms with E-state index in [4.69, 9.17) is 4.74 Å². The van der Waals surface area contributed by atoms with Crippen LogP contribution >= 0.6 is 0 Å². The van der Waals surface area contributed by atoms with E-state index in [2.05, 4.69) is 6.92 Å². The van der Waals surface area contributed by atoms with E-state index in [1.807, 2.05) is 7.11 Å². The monoisotopic (exact) mass is 200 g/mol. The highest BCUT2D eigenvalue weighted by molar-refractivity contribution is 5.00. The van der Waals surface area contributed by atoms with Crippen molar-refractivity contribution >= 4 is 0 Å². The molecule has 2 rings (SSSR count). The standard InChI is InChI=1S/C12H21FO/c1-12(5-6-13)9-3-4-10(12)8-11(7-9)14-2/h9-11H,3-8H2,1-2H3. The number of methoxy groups -OCH3 is 1. The maximum atomic E-state index is 12.5. The molecule has 0 aliphatic heterocycles. The van der Waals surface area contributed by atoms with E-state index in [-0.39, 0.29) is 12.1 Å².